The summed E-state index contributed by atoms with van der Waals surface area (Å²) >= 11 is 0. The van der Waals surface area contributed by atoms with Gasteiger partial charge in [0.15, 0.2) is 8.32 Å². The SMILES string of the molecule is C[C@]12CC[C@H]3[C@@H](CCC4=C[C@@H](O)CC[C@@]43CO[Si](C)(C)C)[C@@H]1CC[C@@H]2O. The molecule has 4 aliphatic rings. The zero-order valence-corrected chi connectivity index (χ0v) is 18.1. The summed E-state index contributed by atoms with van der Waals surface area (Å²) in [6, 6.07) is 0. The Morgan fingerprint density at radius 2 is 1.81 bits per heavy atom. The van der Waals surface area contributed by atoms with E-state index >= 15 is 0 Å². The first kappa shape index (κ1) is 19.2. The summed E-state index contributed by atoms with van der Waals surface area (Å²) in [5.74, 6) is 2.08. The lowest BCUT2D eigenvalue weighted by molar-refractivity contribution is -0.0914. The van der Waals surface area contributed by atoms with Gasteiger partial charge in [0.25, 0.3) is 0 Å². The molecule has 3 fully saturated rings. The minimum Gasteiger partial charge on any atom is -0.417 e. The highest BCUT2D eigenvalue weighted by Crippen LogP contribution is 2.65. The Balaban J connectivity index is 1.67. The molecule has 0 aliphatic heterocycles. The van der Waals surface area contributed by atoms with Crippen molar-refractivity contribution in [3.63, 3.8) is 0 Å². The van der Waals surface area contributed by atoms with Gasteiger partial charge in [-0.1, -0.05) is 18.6 Å². The first-order chi connectivity index (χ1) is 12.2. The van der Waals surface area contributed by atoms with Crippen LogP contribution in [0, 0.1) is 28.6 Å². The van der Waals surface area contributed by atoms with Crippen molar-refractivity contribution in [3.05, 3.63) is 11.6 Å². The van der Waals surface area contributed by atoms with Gasteiger partial charge in [-0.25, -0.2) is 0 Å². The van der Waals surface area contributed by atoms with Gasteiger partial charge in [-0.05, 0) is 94.2 Å². The molecular formula is C22H38O3Si. The molecule has 0 amide bonds. The second-order valence-corrected chi connectivity index (χ2v) is 15.4. The van der Waals surface area contributed by atoms with E-state index in [9.17, 15) is 10.2 Å². The lowest BCUT2D eigenvalue weighted by Crippen LogP contribution is -2.54. The molecule has 0 spiro atoms. The highest BCUT2D eigenvalue weighted by molar-refractivity contribution is 6.69. The van der Waals surface area contributed by atoms with Crippen molar-refractivity contribution < 1.29 is 14.6 Å². The fraction of sp³-hybridized carbons (Fsp3) is 0.909. The van der Waals surface area contributed by atoms with Crippen molar-refractivity contribution in [3.8, 4) is 0 Å². The molecule has 3 saturated carbocycles. The zero-order chi connectivity index (χ0) is 18.7. The maximum absolute atomic E-state index is 10.7. The lowest BCUT2D eigenvalue weighted by atomic mass is 9.47. The molecule has 0 radical (unpaired) electrons. The van der Waals surface area contributed by atoms with Crippen LogP contribution in [0.15, 0.2) is 11.6 Å². The van der Waals surface area contributed by atoms with Gasteiger partial charge in [0.2, 0.25) is 0 Å². The van der Waals surface area contributed by atoms with Gasteiger partial charge in [-0.3, -0.25) is 0 Å². The molecule has 3 nitrogen and oxygen atoms in total. The molecule has 0 saturated heterocycles. The van der Waals surface area contributed by atoms with E-state index in [1.54, 1.807) is 0 Å². The van der Waals surface area contributed by atoms with Gasteiger partial charge in [0.05, 0.1) is 12.2 Å². The van der Waals surface area contributed by atoms with Crippen molar-refractivity contribution in [1.29, 1.82) is 0 Å². The summed E-state index contributed by atoms with van der Waals surface area (Å²) in [4.78, 5) is 0. The van der Waals surface area contributed by atoms with Crippen molar-refractivity contribution in [2.24, 2.45) is 28.6 Å². The largest absolute Gasteiger partial charge is 0.417 e. The van der Waals surface area contributed by atoms with Crippen molar-refractivity contribution in [2.45, 2.75) is 90.1 Å². The Labute approximate surface area is 160 Å². The Morgan fingerprint density at radius 1 is 1.04 bits per heavy atom. The van der Waals surface area contributed by atoms with Crippen LogP contribution in [0.3, 0.4) is 0 Å². The first-order valence-corrected chi connectivity index (χ1v) is 14.3. The zero-order valence-electron chi connectivity index (χ0n) is 17.1. The molecule has 0 heterocycles. The molecule has 0 aromatic heterocycles. The van der Waals surface area contributed by atoms with Crippen LogP contribution in [0.25, 0.3) is 0 Å². The maximum atomic E-state index is 10.7. The molecule has 0 bridgehead atoms. The molecule has 148 valence electrons. The highest BCUT2D eigenvalue weighted by Gasteiger charge is 2.60. The standard InChI is InChI=1S/C22H38O3Si/c1-21-11-10-19-17(18(21)7-8-20(21)24)6-5-15-13-16(23)9-12-22(15,19)14-25-26(2,3)4/h13,16-20,23-24H,5-12,14H2,1-4H3/t16-,17-,18-,19-,20-,21-,22+/m0/s1. The van der Waals surface area contributed by atoms with E-state index in [4.69, 9.17) is 4.43 Å². The van der Waals surface area contributed by atoms with Crippen LogP contribution in [-0.4, -0.2) is 37.3 Å². The van der Waals surface area contributed by atoms with Crippen LogP contribution in [0.2, 0.25) is 19.6 Å². The van der Waals surface area contributed by atoms with Crippen LogP contribution in [0.1, 0.15) is 58.3 Å². The van der Waals surface area contributed by atoms with E-state index in [0.29, 0.717) is 11.8 Å². The van der Waals surface area contributed by atoms with Crippen molar-refractivity contribution >= 4 is 8.32 Å². The Bertz CT molecular complexity index is 582. The predicted octanol–water partition coefficient (Wildman–Crippen LogP) is 4.50. The molecule has 0 unspecified atom stereocenters. The van der Waals surface area contributed by atoms with Gasteiger partial charge in [-0.2, -0.15) is 0 Å². The normalized spacial score (nSPS) is 48.4. The highest BCUT2D eigenvalue weighted by atomic mass is 28.4. The van der Waals surface area contributed by atoms with Crippen LogP contribution >= 0.6 is 0 Å². The Kier molecular flexibility index (Phi) is 4.74. The summed E-state index contributed by atoms with van der Waals surface area (Å²) < 4.78 is 6.54. The van der Waals surface area contributed by atoms with Crippen LogP contribution < -0.4 is 0 Å². The van der Waals surface area contributed by atoms with Gasteiger partial charge >= 0.3 is 0 Å². The smallest absolute Gasteiger partial charge is 0.183 e. The second-order valence-electron chi connectivity index (χ2n) is 10.9. The minimum absolute atomic E-state index is 0.104. The third-order valence-electron chi connectivity index (χ3n) is 8.53. The average Bonchev–Trinajstić information content (AvgIpc) is 2.88. The summed E-state index contributed by atoms with van der Waals surface area (Å²) in [7, 11) is -1.58. The van der Waals surface area contributed by atoms with Gasteiger partial charge in [0, 0.05) is 12.0 Å². The number of hydrogen-bond donors (Lipinski definition) is 2. The fourth-order valence-electron chi connectivity index (χ4n) is 7.09. The third-order valence-corrected chi connectivity index (χ3v) is 9.54. The molecule has 2 N–H and O–H groups in total. The van der Waals surface area contributed by atoms with Crippen molar-refractivity contribution in [1.82, 2.24) is 0 Å². The number of rotatable bonds is 3. The van der Waals surface area contributed by atoms with Crippen LogP contribution in [-0.2, 0) is 4.43 Å². The van der Waals surface area contributed by atoms with Crippen LogP contribution in [0.4, 0.5) is 0 Å². The molecular weight excluding hydrogens is 340 g/mol. The number of aliphatic hydroxyl groups is 2. The number of hydrogen-bond acceptors (Lipinski definition) is 3. The van der Waals surface area contributed by atoms with E-state index in [2.05, 4.69) is 32.6 Å². The predicted molar refractivity (Wildman–Crippen MR) is 107 cm³/mol. The summed E-state index contributed by atoms with van der Waals surface area (Å²) in [6.07, 6.45) is 10.7. The molecule has 7 atom stereocenters. The summed E-state index contributed by atoms with van der Waals surface area (Å²) in [5.41, 5.74) is 1.78. The second kappa shape index (κ2) is 6.43. The van der Waals surface area contributed by atoms with Gasteiger partial charge in [0.1, 0.15) is 0 Å². The molecule has 0 aromatic carbocycles. The topological polar surface area (TPSA) is 49.7 Å². The van der Waals surface area contributed by atoms with E-state index < -0.39 is 8.32 Å². The number of fused-ring (bicyclic) bond motifs is 5. The monoisotopic (exact) mass is 378 g/mol. The van der Waals surface area contributed by atoms with E-state index in [1.165, 1.54) is 24.8 Å². The Hall–Kier alpha value is -0.163. The van der Waals surface area contributed by atoms with Crippen LogP contribution in [0.5, 0.6) is 0 Å². The lowest BCUT2D eigenvalue weighted by Gasteiger charge is -2.59. The van der Waals surface area contributed by atoms with E-state index in [0.717, 1.165) is 44.6 Å². The summed E-state index contributed by atoms with van der Waals surface area (Å²) in [6.45, 7) is 10.1. The number of aliphatic hydroxyl groups excluding tert-OH is 2. The first-order valence-electron chi connectivity index (χ1n) is 10.9. The fourth-order valence-corrected chi connectivity index (χ4v) is 7.78. The molecule has 4 heteroatoms. The molecule has 4 rings (SSSR count). The van der Waals surface area contributed by atoms with Crippen molar-refractivity contribution in [2.75, 3.05) is 6.61 Å². The quantitative estimate of drug-likeness (QED) is 0.561. The van der Waals surface area contributed by atoms with E-state index in [1.807, 2.05) is 0 Å². The third kappa shape index (κ3) is 2.96. The van der Waals surface area contributed by atoms with Gasteiger partial charge in [-0.15, -0.1) is 0 Å². The van der Waals surface area contributed by atoms with E-state index in [-0.39, 0.29) is 23.0 Å². The van der Waals surface area contributed by atoms with Gasteiger partial charge < -0.3 is 14.6 Å². The Morgan fingerprint density at radius 3 is 2.54 bits per heavy atom. The molecule has 26 heavy (non-hydrogen) atoms. The average molecular weight is 379 g/mol. The minimum atomic E-state index is -1.58. The maximum Gasteiger partial charge on any atom is 0.183 e. The molecule has 4 aliphatic carbocycles. The summed E-state index contributed by atoms with van der Waals surface area (Å²) in [5, 5.41) is 20.9. The molecule has 0 aromatic rings.